The van der Waals surface area contributed by atoms with Crippen LogP contribution >= 0.6 is 0 Å². The average Bonchev–Trinajstić information content (AvgIpc) is 3.17. The largest absolute Gasteiger partial charge is 0.465 e. The molecule has 118 valence electrons. The summed E-state index contributed by atoms with van der Waals surface area (Å²) in [5.74, 6) is -0.0459. The molecule has 1 fully saturated rings. The molecule has 0 amide bonds. The Morgan fingerprint density at radius 3 is 3.09 bits per heavy atom. The summed E-state index contributed by atoms with van der Waals surface area (Å²) in [7, 11) is 0. The minimum absolute atomic E-state index is 0.109. The second-order valence-corrected chi connectivity index (χ2v) is 5.71. The number of carbonyl (C=O) groups excluding carboxylic acids is 1. The second kappa shape index (κ2) is 5.28. The zero-order chi connectivity index (χ0) is 16.0. The van der Waals surface area contributed by atoms with Gasteiger partial charge in [-0.05, 0) is 25.5 Å². The van der Waals surface area contributed by atoms with E-state index in [1.54, 1.807) is 6.92 Å². The van der Waals surface area contributed by atoms with Crippen molar-refractivity contribution in [3.63, 3.8) is 0 Å². The molecule has 0 bridgehead atoms. The maximum atomic E-state index is 12.4. The third-order valence-corrected chi connectivity index (χ3v) is 4.54. The molecule has 0 aliphatic carbocycles. The van der Waals surface area contributed by atoms with Gasteiger partial charge in [-0.1, -0.05) is 12.1 Å². The standard InChI is InChI=1S/C17H16N2O4/c1-2-21-17(20)14-10-7-8-22-15(10)19-12-5-3-4-6-13(12)23-16(19)11(14)9-18/h3-6,10,14-15H,2,7-8H2,1H3/t10-,14+,15-/m0/s1. The van der Waals surface area contributed by atoms with Gasteiger partial charge < -0.3 is 14.2 Å². The van der Waals surface area contributed by atoms with Crippen molar-refractivity contribution in [1.82, 2.24) is 0 Å². The van der Waals surface area contributed by atoms with Crippen molar-refractivity contribution in [2.24, 2.45) is 11.8 Å². The Kier molecular flexibility index (Phi) is 3.24. The molecule has 6 nitrogen and oxygen atoms in total. The van der Waals surface area contributed by atoms with E-state index in [9.17, 15) is 10.1 Å². The molecular weight excluding hydrogens is 296 g/mol. The van der Waals surface area contributed by atoms with Crippen LogP contribution in [0.1, 0.15) is 13.3 Å². The molecule has 0 aromatic heterocycles. The van der Waals surface area contributed by atoms with Crippen LogP contribution in [0.25, 0.3) is 0 Å². The van der Waals surface area contributed by atoms with Gasteiger partial charge in [-0.15, -0.1) is 0 Å². The van der Waals surface area contributed by atoms with Crippen LogP contribution in [0.3, 0.4) is 0 Å². The first-order chi connectivity index (χ1) is 11.3. The number of hydrogen-bond acceptors (Lipinski definition) is 6. The third-order valence-electron chi connectivity index (χ3n) is 4.54. The highest BCUT2D eigenvalue weighted by Crippen LogP contribution is 2.50. The van der Waals surface area contributed by atoms with Crippen molar-refractivity contribution in [2.45, 2.75) is 19.6 Å². The lowest BCUT2D eigenvalue weighted by Gasteiger charge is -2.37. The number of fused-ring (bicyclic) bond motifs is 5. The number of anilines is 1. The molecule has 0 saturated carbocycles. The number of esters is 1. The van der Waals surface area contributed by atoms with Crippen LogP contribution in [0.2, 0.25) is 0 Å². The maximum Gasteiger partial charge on any atom is 0.314 e. The van der Waals surface area contributed by atoms with Crippen molar-refractivity contribution >= 4 is 11.7 Å². The Bertz CT molecular complexity index is 736. The van der Waals surface area contributed by atoms with Crippen LogP contribution in [0.4, 0.5) is 5.69 Å². The lowest BCUT2D eigenvalue weighted by Crippen LogP contribution is -2.48. The summed E-state index contributed by atoms with van der Waals surface area (Å²) in [5.41, 5.74) is 1.20. The highest BCUT2D eigenvalue weighted by Gasteiger charge is 2.53. The van der Waals surface area contributed by atoms with E-state index < -0.39 is 5.92 Å². The van der Waals surface area contributed by atoms with Crippen LogP contribution in [-0.4, -0.2) is 25.4 Å². The fourth-order valence-electron chi connectivity index (χ4n) is 3.62. The van der Waals surface area contributed by atoms with E-state index in [4.69, 9.17) is 14.2 Å². The van der Waals surface area contributed by atoms with E-state index in [1.807, 2.05) is 29.2 Å². The summed E-state index contributed by atoms with van der Waals surface area (Å²) in [6, 6.07) is 9.74. The molecule has 23 heavy (non-hydrogen) atoms. The first kappa shape index (κ1) is 14.1. The van der Waals surface area contributed by atoms with Gasteiger partial charge in [-0.3, -0.25) is 9.69 Å². The van der Waals surface area contributed by atoms with Crippen LogP contribution in [0, 0.1) is 23.2 Å². The molecule has 3 aliphatic heterocycles. The molecule has 3 atom stereocenters. The van der Waals surface area contributed by atoms with Gasteiger partial charge in [0, 0.05) is 12.5 Å². The molecule has 0 unspecified atom stereocenters. The minimum atomic E-state index is -0.631. The van der Waals surface area contributed by atoms with Gasteiger partial charge >= 0.3 is 5.97 Å². The van der Waals surface area contributed by atoms with Crippen molar-refractivity contribution in [2.75, 3.05) is 18.1 Å². The van der Waals surface area contributed by atoms with E-state index in [0.717, 1.165) is 5.69 Å². The van der Waals surface area contributed by atoms with E-state index in [-0.39, 0.29) is 24.7 Å². The molecule has 1 saturated heterocycles. The van der Waals surface area contributed by atoms with E-state index in [0.29, 0.717) is 30.2 Å². The summed E-state index contributed by atoms with van der Waals surface area (Å²) < 4.78 is 16.9. The molecule has 0 radical (unpaired) electrons. The van der Waals surface area contributed by atoms with Crippen LogP contribution in [-0.2, 0) is 14.3 Å². The number of nitriles is 1. The van der Waals surface area contributed by atoms with Crippen LogP contribution in [0.15, 0.2) is 35.7 Å². The normalized spacial score (nSPS) is 27.7. The molecule has 0 spiro atoms. The Hall–Kier alpha value is -2.52. The first-order valence-electron chi connectivity index (χ1n) is 7.75. The van der Waals surface area contributed by atoms with E-state index >= 15 is 0 Å². The van der Waals surface area contributed by atoms with Crippen molar-refractivity contribution in [3.8, 4) is 11.8 Å². The number of rotatable bonds is 2. The zero-order valence-corrected chi connectivity index (χ0v) is 12.7. The highest BCUT2D eigenvalue weighted by atomic mass is 16.5. The Labute approximate surface area is 133 Å². The lowest BCUT2D eigenvalue weighted by atomic mass is 9.81. The van der Waals surface area contributed by atoms with Gasteiger partial charge in [0.1, 0.15) is 23.8 Å². The molecule has 0 N–H and O–H groups in total. The van der Waals surface area contributed by atoms with Gasteiger partial charge in [0.05, 0.1) is 12.3 Å². The van der Waals surface area contributed by atoms with E-state index in [1.165, 1.54) is 0 Å². The maximum absolute atomic E-state index is 12.4. The Morgan fingerprint density at radius 2 is 2.30 bits per heavy atom. The highest BCUT2D eigenvalue weighted by molar-refractivity contribution is 5.81. The van der Waals surface area contributed by atoms with Crippen LogP contribution in [0.5, 0.6) is 5.75 Å². The summed E-state index contributed by atoms with van der Waals surface area (Å²) >= 11 is 0. The predicted molar refractivity (Wildman–Crippen MR) is 80.2 cm³/mol. The zero-order valence-electron chi connectivity index (χ0n) is 12.7. The number of benzene rings is 1. The molecule has 4 rings (SSSR count). The number of nitrogens with zero attached hydrogens (tertiary/aromatic N) is 2. The fraction of sp³-hybridized carbons (Fsp3) is 0.412. The molecule has 3 heterocycles. The monoisotopic (exact) mass is 312 g/mol. The van der Waals surface area contributed by atoms with Crippen LogP contribution < -0.4 is 9.64 Å². The smallest absolute Gasteiger partial charge is 0.314 e. The first-order valence-corrected chi connectivity index (χ1v) is 7.75. The average molecular weight is 312 g/mol. The Balaban J connectivity index is 1.86. The molecular formula is C17H16N2O4. The Morgan fingerprint density at radius 1 is 1.48 bits per heavy atom. The summed E-state index contributed by atoms with van der Waals surface area (Å²) in [6.45, 7) is 2.60. The SMILES string of the molecule is CCOC(=O)[C@H]1C(C#N)=C2Oc3ccccc3N2[C@H]2OCC[C@@H]12. The third kappa shape index (κ3) is 1.93. The molecule has 3 aliphatic rings. The van der Waals surface area contributed by atoms with Gasteiger partial charge in [0.2, 0.25) is 5.88 Å². The number of ether oxygens (including phenoxy) is 3. The van der Waals surface area contributed by atoms with E-state index in [2.05, 4.69) is 6.07 Å². The number of carbonyl (C=O) groups is 1. The summed E-state index contributed by atoms with van der Waals surface area (Å²) in [6.07, 6.45) is 0.408. The molecule has 6 heteroatoms. The van der Waals surface area contributed by atoms with Gasteiger partial charge in [0.15, 0.2) is 5.75 Å². The molecule has 1 aromatic rings. The van der Waals surface area contributed by atoms with Crippen molar-refractivity contribution < 1.29 is 19.0 Å². The van der Waals surface area contributed by atoms with Crippen molar-refractivity contribution in [3.05, 3.63) is 35.7 Å². The van der Waals surface area contributed by atoms with Gasteiger partial charge in [-0.2, -0.15) is 5.26 Å². The second-order valence-electron chi connectivity index (χ2n) is 5.71. The van der Waals surface area contributed by atoms with Crippen molar-refractivity contribution in [1.29, 1.82) is 5.26 Å². The topological polar surface area (TPSA) is 71.8 Å². The predicted octanol–water partition coefficient (Wildman–Crippen LogP) is 2.18. The van der Waals surface area contributed by atoms with Gasteiger partial charge in [0.25, 0.3) is 0 Å². The summed E-state index contributed by atoms with van der Waals surface area (Å²) in [4.78, 5) is 14.3. The quantitative estimate of drug-likeness (QED) is 0.779. The molecule has 1 aromatic carbocycles. The number of hydrogen-bond donors (Lipinski definition) is 0. The lowest BCUT2D eigenvalue weighted by molar-refractivity contribution is -0.149. The number of para-hydroxylation sites is 2. The minimum Gasteiger partial charge on any atom is -0.465 e. The fourth-order valence-corrected chi connectivity index (χ4v) is 3.62. The summed E-state index contributed by atoms with van der Waals surface area (Å²) in [5, 5.41) is 9.66. The van der Waals surface area contributed by atoms with Gasteiger partial charge in [-0.25, -0.2) is 0 Å².